The third-order valence-corrected chi connectivity index (χ3v) is 3.14. The molecule has 5 nitrogen and oxygen atoms in total. The van der Waals surface area contributed by atoms with Gasteiger partial charge in [0.15, 0.2) is 0 Å². The number of benzene rings is 1. The first-order valence-electron chi connectivity index (χ1n) is 5.48. The predicted molar refractivity (Wildman–Crippen MR) is 72.0 cm³/mol. The molecule has 0 aliphatic carbocycles. The van der Waals surface area contributed by atoms with Gasteiger partial charge in [0.25, 0.3) is 0 Å². The molecule has 3 N–H and O–H groups in total. The lowest BCUT2D eigenvalue weighted by molar-refractivity contribution is 0.0328. The van der Waals surface area contributed by atoms with Crippen molar-refractivity contribution < 1.29 is 19.3 Å². The standard InChI is InChI=1S/C12H18BrNO4/c1-16-10-3-8(4-11(17-2)12(10)13)6-18-7-9(15)5-14/h3-4,9,15H,5-7,14H2,1-2H3/t9-/m0/s1. The van der Waals surface area contributed by atoms with Crippen LogP contribution in [0, 0.1) is 0 Å². The number of methoxy groups -OCH3 is 2. The third kappa shape index (κ3) is 4.13. The van der Waals surface area contributed by atoms with Crippen LogP contribution in [-0.4, -0.2) is 38.6 Å². The lowest BCUT2D eigenvalue weighted by atomic mass is 10.2. The van der Waals surface area contributed by atoms with Crippen LogP contribution in [-0.2, 0) is 11.3 Å². The molecule has 0 fully saturated rings. The monoisotopic (exact) mass is 319 g/mol. The largest absolute Gasteiger partial charge is 0.495 e. The van der Waals surface area contributed by atoms with E-state index >= 15 is 0 Å². The topological polar surface area (TPSA) is 73.9 Å². The lowest BCUT2D eigenvalue weighted by Crippen LogP contribution is -2.24. The summed E-state index contributed by atoms with van der Waals surface area (Å²) in [6, 6.07) is 3.70. The number of aliphatic hydroxyl groups is 1. The molecule has 1 rings (SSSR count). The van der Waals surface area contributed by atoms with Crippen LogP contribution >= 0.6 is 15.9 Å². The summed E-state index contributed by atoms with van der Waals surface area (Å²) in [6.07, 6.45) is -0.635. The number of hydrogen-bond donors (Lipinski definition) is 2. The predicted octanol–water partition coefficient (Wildman–Crippen LogP) is 1.30. The summed E-state index contributed by atoms with van der Waals surface area (Å²) in [5.74, 6) is 1.35. The highest BCUT2D eigenvalue weighted by Gasteiger charge is 2.10. The van der Waals surface area contributed by atoms with Gasteiger partial charge in [-0.15, -0.1) is 0 Å². The minimum Gasteiger partial charge on any atom is -0.495 e. The molecule has 0 saturated carbocycles. The van der Waals surface area contributed by atoms with E-state index in [1.165, 1.54) is 0 Å². The summed E-state index contributed by atoms with van der Waals surface area (Å²) in [5, 5.41) is 9.27. The van der Waals surface area contributed by atoms with E-state index in [1.54, 1.807) is 14.2 Å². The molecule has 6 heteroatoms. The molecule has 1 aromatic carbocycles. The van der Waals surface area contributed by atoms with Crippen LogP contribution in [0.2, 0.25) is 0 Å². The van der Waals surface area contributed by atoms with Crippen molar-refractivity contribution in [2.24, 2.45) is 5.73 Å². The summed E-state index contributed by atoms with van der Waals surface area (Å²) in [6.45, 7) is 0.751. The molecule has 0 radical (unpaired) electrons. The van der Waals surface area contributed by atoms with Gasteiger partial charge in [0.2, 0.25) is 0 Å². The zero-order chi connectivity index (χ0) is 13.5. The first-order valence-corrected chi connectivity index (χ1v) is 6.28. The van der Waals surface area contributed by atoms with Gasteiger partial charge in [0, 0.05) is 6.54 Å². The summed E-state index contributed by atoms with van der Waals surface area (Å²) in [4.78, 5) is 0. The van der Waals surface area contributed by atoms with Crippen LogP contribution in [0.1, 0.15) is 5.56 Å². The zero-order valence-corrected chi connectivity index (χ0v) is 12.1. The molecular weight excluding hydrogens is 302 g/mol. The highest BCUT2D eigenvalue weighted by atomic mass is 79.9. The van der Waals surface area contributed by atoms with Crippen molar-refractivity contribution in [3.05, 3.63) is 22.2 Å². The molecule has 0 amide bonds. The van der Waals surface area contributed by atoms with Gasteiger partial charge in [0.1, 0.15) is 16.0 Å². The Balaban J connectivity index is 2.71. The Kier molecular flexibility index (Phi) is 6.42. The van der Waals surface area contributed by atoms with Crippen molar-refractivity contribution in [3.8, 4) is 11.5 Å². The molecule has 0 bridgehead atoms. The second kappa shape index (κ2) is 7.58. The molecule has 0 saturated heterocycles. The summed E-state index contributed by atoms with van der Waals surface area (Å²) >= 11 is 3.39. The molecule has 0 spiro atoms. The van der Waals surface area contributed by atoms with Crippen LogP contribution in [0.4, 0.5) is 0 Å². The van der Waals surface area contributed by atoms with Crippen LogP contribution < -0.4 is 15.2 Å². The number of halogens is 1. The zero-order valence-electron chi connectivity index (χ0n) is 10.5. The molecular formula is C12H18BrNO4. The fraction of sp³-hybridized carbons (Fsp3) is 0.500. The van der Waals surface area contributed by atoms with Crippen LogP contribution in [0.25, 0.3) is 0 Å². The van der Waals surface area contributed by atoms with Gasteiger partial charge in [-0.3, -0.25) is 0 Å². The summed E-state index contributed by atoms with van der Waals surface area (Å²) in [7, 11) is 3.17. The Morgan fingerprint density at radius 1 is 1.28 bits per heavy atom. The number of nitrogens with two attached hydrogens (primary N) is 1. The molecule has 0 heterocycles. The van der Waals surface area contributed by atoms with Crippen molar-refractivity contribution >= 4 is 15.9 Å². The van der Waals surface area contributed by atoms with Gasteiger partial charge in [-0.1, -0.05) is 0 Å². The Hall–Kier alpha value is -0.820. The summed E-state index contributed by atoms with van der Waals surface area (Å²) < 4.78 is 16.6. The maximum absolute atomic E-state index is 9.27. The number of hydrogen-bond acceptors (Lipinski definition) is 5. The quantitative estimate of drug-likeness (QED) is 0.792. The number of rotatable bonds is 7. The molecule has 18 heavy (non-hydrogen) atoms. The second-order valence-electron chi connectivity index (χ2n) is 3.72. The first-order chi connectivity index (χ1) is 8.62. The van der Waals surface area contributed by atoms with Crippen molar-refractivity contribution in [3.63, 3.8) is 0 Å². The number of ether oxygens (including phenoxy) is 3. The lowest BCUT2D eigenvalue weighted by Gasteiger charge is -2.13. The molecule has 102 valence electrons. The first kappa shape index (κ1) is 15.2. The molecule has 0 aliphatic rings. The summed E-state index contributed by atoms with van der Waals surface area (Å²) in [5.41, 5.74) is 6.19. The minimum atomic E-state index is -0.635. The highest BCUT2D eigenvalue weighted by molar-refractivity contribution is 9.10. The SMILES string of the molecule is COc1cc(COC[C@@H](O)CN)cc(OC)c1Br. The van der Waals surface area contributed by atoms with Gasteiger partial charge in [-0.2, -0.15) is 0 Å². The van der Waals surface area contributed by atoms with Crippen molar-refractivity contribution in [2.45, 2.75) is 12.7 Å². The third-order valence-electron chi connectivity index (χ3n) is 2.36. The Morgan fingerprint density at radius 3 is 2.28 bits per heavy atom. The fourth-order valence-electron chi connectivity index (χ4n) is 1.39. The molecule has 0 aromatic heterocycles. The Morgan fingerprint density at radius 2 is 1.83 bits per heavy atom. The second-order valence-corrected chi connectivity index (χ2v) is 4.51. The molecule has 1 aromatic rings. The van der Waals surface area contributed by atoms with E-state index in [0.717, 1.165) is 10.0 Å². The van der Waals surface area contributed by atoms with Crippen molar-refractivity contribution in [2.75, 3.05) is 27.4 Å². The molecule has 1 atom stereocenters. The fourth-order valence-corrected chi connectivity index (χ4v) is 1.94. The van der Waals surface area contributed by atoms with E-state index in [-0.39, 0.29) is 13.2 Å². The van der Waals surface area contributed by atoms with Gasteiger partial charge in [-0.05, 0) is 33.6 Å². The molecule has 0 unspecified atom stereocenters. The van der Waals surface area contributed by atoms with Crippen molar-refractivity contribution in [1.82, 2.24) is 0 Å². The minimum absolute atomic E-state index is 0.187. The van der Waals surface area contributed by atoms with Crippen molar-refractivity contribution in [1.29, 1.82) is 0 Å². The van der Waals surface area contributed by atoms with Gasteiger partial charge >= 0.3 is 0 Å². The smallest absolute Gasteiger partial charge is 0.137 e. The van der Waals surface area contributed by atoms with E-state index in [2.05, 4.69) is 15.9 Å². The Labute approximate surface area is 115 Å². The Bertz CT molecular complexity index is 361. The van der Waals surface area contributed by atoms with Crippen LogP contribution in [0.15, 0.2) is 16.6 Å². The molecule has 0 aliphatic heterocycles. The van der Waals surface area contributed by atoms with E-state index in [0.29, 0.717) is 18.1 Å². The maximum Gasteiger partial charge on any atom is 0.137 e. The van der Waals surface area contributed by atoms with E-state index in [1.807, 2.05) is 12.1 Å². The van der Waals surface area contributed by atoms with E-state index < -0.39 is 6.10 Å². The van der Waals surface area contributed by atoms with E-state index in [4.69, 9.17) is 19.9 Å². The van der Waals surface area contributed by atoms with Crippen LogP contribution in [0.3, 0.4) is 0 Å². The highest BCUT2D eigenvalue weighted by Crippen LogP contribution is 2.35. The maximum atomic E-state index is 9.27. The number of aliphatic hydroxyl groups excluding tert-OH is 1. The normalized spacial score (nSPS) is 12.3. The average molecular weight is 320 g/mol. The van der Waals surface area contributed by atoms with Crippen LogP contribution in [0.5, 0.6) is 11.5 Å². The van der Waals surface area contributed by atoms with Gasteiger partial charge in [-0.25, -0.2) is 0 Å². The van der Waals surface area contributed by atoms with Gasteiger partial charge < -0.3 is 25.1 Å². The van der Waals surface area contributed by atoms with Gasteiger partial charge in [0.05, 0.1) is 33.5 Å². The van der Waals surface area contributed by atoms with E-state index in [9.17, 15) is 5.11 Å². The average Bonchev–Trinajstić information content (AvgIpc) is 2.39.